The molecule has 0 bridgehead atoms. The minimum Gasteiger partial charge on any atom is -0.348 e. The number of hydrogen-bond acceptors (Lipinski definition) is 5. The summed E-state index contributed by atoms with van der Waals surface area (Å²) in [5.74, 6) is -1.53. The molecule has 2 aliphatic rings. The van der Waals surface area contributed by atoms with Gasteiger partial charge in [-0.05, 0) is 36.6 Å². The average Bonchev–Trinajstić information content (AvgIpc) is 2.80. The Labute approximate surface area is 177 Å². The maximum absolute atomic E-state index is 12.9. The number of nitro groups is 1. The molecule has 0 saturated carbocycles. The molecule has 0 radical (unpaired) electrons. The van der Waals surface area contributed by atoms with Crippen LogP contribution >= 0.6 is 0 Å². The minimum atomic E-state index is -0.486. The van der Waals surface area contributed by atoms with Crippen LogP contribution in [-0.2, 0) is 16.1 Å². The molecule has 158 valence electrons. The lowest BCUT2D eigenvalue weighted by Crippen LogP contribution is -2.59. The number of allylic oxidation sites excluding steroid dienone is 2. The molecule has 2 aromatic carbocycles. The van der Waals surface area contributed by atoms with Gasteiger partial charge in [-0.3, -0.25) is 29.9 Å². The molecule has 1 heterocycles. The Morgan fingerprint density at radius 3 is 2.52 bits per heavy atom. The van der Waals surface area contributed by atoms with Crippen molar-refractivity contribution in [1.29, 1.82) is 0 Å². The van der Waals surface area contributed by atoms with E-state index in [-0.39, 0.29) is 35.9 Å². The molecule has 31 heavy (non-hydrogen) atoms. The van der Waals surface area contributed by atoms with Crippen LogP contribution in [0.4, 0.5) is 11.4 Å². The lowest BCUT2D eigenvalue weighted by molar-refractivity contribution is -0.384. The summed E-state index contributed by atoms with van der Waals surface area (Å²) in [6.07, 6.45) is 4.89. The van der Waals surface area contributed by atoms with Crippen LogP contribution in [0.25, 0.3) is 0 Å². The molecule has 9 nitrogen and oxygen atoms in total. The van der Waals surface area contributed by atoms with Gasteiger partial charge in [-0.1, -0.05) is 30.4 Å². The van der Waals surface area contributed by atoms with E-state index in [0.29, 0.717) is 29.7 Å². The van der Waals surface area contributed by atoms with Crippen LogP contribution in [0, 0.1) is 22.0 Å². The van der Waals surface area contributed by atoms with Crippen molar-refractivity contribution in [3.8, 4) is 0 Å². The molecule has 4 rings (SSSR count). The summed E-state index contributed by atoms with van der Waals surface area (Å²) >= 11 is 0. The highest BCUT2D eigenvalue weighted by atomic mass is 16.6. The predicted octanol–water partition coefficient (Wildman–Crippen LogP) is 2.49. The standard InChI is InChI=1S/C22H20N4O5/c27-20(23-13-14-8-10-16(11-9-14)26(30)31)15-4-3-5-17(12-15)25-22(29)19-7-2-1-6-18(19)21(28)24-25/h1-5,8-12,18-19H,6-7,13H2,(H,23,27)(H,24,28). The van der Waals surface area contributed by atoms with Crippen molar-refractivity contribution in [2.45, 2.75) is 19.4 Å². The summed E-state index contributed by atoms with van der Waals surface area (Å²) < 4.78 is 0. The number of amides is 3. The topological polar surface area (TPSA) is 122 Å². The van der Waals surface area contributed by atoms with Gasteiger partial charge in [0.15, 0.2) is 0 Å². The van der Waals surface area contributed by atoms with E-state index in [1.165, 1.54) is 17.1 Å². The smallest absolute Gasteiger partial charge is 0.269 e. The number of carbonyl (C=O) groups excluding carboxylic acids is 3. The maximum Gasteiger partial charge on any atom is 0.269 e. The van der Waals surface area contributed by atoms with Crippen molar-refractivity contribution in [2.24, 2.45) is 11.8 Å². The number of fused-ring (bicyclic) bond motifs is 1. The fourth-order valence-electron chi connectivity index (χ4n) is 3.79. The number of nitro benzene ring substituents is 1. The van der Waals surface area contributed by atoms with Gasteiger partial charge in [0.25, 0.3) is 11.6 Å². The van der Waals surface area contributed by atoms with Crippen molar-refractivity contribution in [3.05, 3.63) is 81.9 Å². The summed E-state index contributed by atoms with van der Waals surface area (Å²) in [6.45, 7) is 0.191. The first-order valence-corrected chi connectivity index (χ1v) is 9.85. The number of benzene rings is 2. The second-order valence-electron chi connectivity index (χ2n) is 7.46. The largest absolute Gasteiger partial charge is 0.348 e. The summed E-state index contributed by atoms with van der Waals surface area (Å²) in [6, 6.07) is 12.4. The van der Waals surface area contributed by atoms with Gasteiger partial charge in [0, 0.05) is 24.2 Å². The predicted molar refractivity (Wildman–Crippen MR) is 112 cm³/mol. The summed E-state index contributed by atoms with van der Waals surface area (Å²) in [5.41, 5.74) is 4.07. The molecule has 0 spiro atoms. The number of nitrogens with zero attached hydrogens (tertiary/aromatic N) is 2. The number of anilines is 1. The van der Waals surface area contributed by atoms with Crippen molar-refractivity contribution in [1.82, 2.24) is 10.7 Å². The van der Waals surface area contributed by atoms with E-state index in [9.17, 15) is 24.5 Å². The molecule has 3 amide bonds. The van der Waals surface area contributed by atoms with Crippen molar-refractivity contribution >= 4 is 29.1 Å². The van der Waals surface area contributed by atoms with Gasteiger partial charge in [-0.25, -0.2) is 5.01 Å². The van der Waals surface area contributed by atoms with Crippen molar-refractivity contribution in [2.75, 3.05) is 5.01 Å². The molecule has 1 saturated heterocycles. The number of hydrazine groups is 1. The first-order valence-electron chi connectivity index (χ1n) is 9.85. The van der Waals surface area contributed by atoms with E-state index in [1.54, 1.807) is 36.4 Å². The molecule has 0 aromatic heterocycles. The molecule has 1 aliphatic heterocycles. The van der Waals surface area contributed by atoms with Gasteiger partial charge in [-0.2, -0.15) is 0 Å². The van der Waals surface area contributed by atoms with Crippen LogP contribution in [0.1, 0.15) is 28.8 Å². The van der Waals surface area contributed by atoms with E-state index >= 15 is 0 Å². The van der Waals surface area contributed by atoms with E-state index < -0.39 is 10.8 Å². The van der Waals surface area contributed by atoms with Crippen LogP contribution in [0.5, 0.6) is 0 Å². The second-order valence-corrected chi connectivity index (χ2v) is 7.46. The summed E-state index contributed by atoms with van der Waals surface area (Å²) in [5, 5.41) is 14.7. The quantitative estimate of drug-likeness (QED) is 0.437. The second kappa shape index (κ2) is 8.39. The molecule has 9 heteroatoms. The van der Waals surface area contributed by atoms with Crippen molar-refractivity contribution in [3.63, 3.8) is 0 Å². The molecule has 2 atom stereocenters. The zero-order valence-corrected chi connectivity index (χ0v) is 16.5. The first-order chi connectivity index (χ1) is 14.9. The Hall–Kier alpha value is -4.01. The Bertz CT molecular complexity index is 1080. The van der Waals surface area contributed by atoms with Crippen LogP contribution in [0.15, 0.2) is 60.7 Å². The molecule has 2 unspecified atom stereocenters. The Morgan fingerprint density at radius 1 is 1.10 bits per heavy atom. The Kier molecular flexibility index (Phi) is 5.48. The van der Waals surface area contributed by atoms with Crippen LogP contribution < -0.4 is 15.8 Å². The third-order valence-electron chi connectivity index (χ3n) is 5.50. The van der Waals surface area contributed by atoms with Gasteiger partial charge in [0.1, 0.15) is 0 Å². The normalized spacial score (nSPS) is 20.1. The van der Waals surface area contributed by atoms with E-state index in [1.807, 2.05) is 12.2 Å². The van der Waals surface area contributed by atoms with Crippen LogP contribution in [-0.4, -0.2) is 22.6 Å². The Morgan fingerprint density at radius 2 is 1.81 bits per heavy atom. The monoisotopic (exact) mass is 420 g/mol. The number of non-ortho nitro benzene ring substituents is 1. The van der Waals surface area contributed by atoms with E-state index in [4.69, 9.17) is 0 Å². The molecule has 2 aromatic rings. The van der Waals surface area contributed by atoms with Crippen molar-refractivity contribution < 1.29 is 19.3 Å². The summed E-state index contributed by atoms with van der Waals surface area (Å²) in [7, 11) is 0. The van der Waals surface area contributed by atoms with E-state index in [0.717, 1.165) is 0 Å². The van der Waals surface area contributed by atoms with Gasteiger partial charge in [-0.15, -0.1) is 0 Å². The Balaban J connectivity index is 1.45. The fourth-order valence-corrected chi connectivity index (χ4v) is 3.79. The molecule has 2 N–H and O–H groups in total. The lowest BCUT2D eigenvalue weighted by atomic mass is 9.80. The third kappa shape index (κ3) is 4.16. The lowest BCUT2D eigenvalue weighted by Gasteiger charge is -2.38. The minimum absolute atomic E-state index is 0.0216. The highest BCUT2D eigenvalue weighted by Crippen LogP contribution is 2.32. The van der Waals surface area contributed by atoms with Gasteiger partial charge in [0.2, 0.25) is 11.8 Å². The highest BCUT2D eigenvalue weighted by molar-refractivity contribution is 6.05. The molecular formula is C22H20N4O5. The summed E-state index contributed by atoms with van der Waals surface area (Å²) in [4.78, 5) is 48.2. The number of nitrogens with one attached hydrogen (secondary N) is 2. The molecular weight excluding hydrogens is 400 g/mol. The van der Waals surface area contributed by atoms with Gasteiger partial charge < -0.3 is 5.32 Å². The molecule has 1 fully saturated rings. The first kappa shape index (κ1) is 20.3. The number of rotatable bonds is 5. The van der Waals surface area contributed by atoms with Crippen LogP contribution in [0.2, 0.25) is 0 Å². The number of carbonyl (C=O) groups is 3. The zero-order valence-electron chi connectivity index (χ0n) is 16.5. The van der Waals surface area contributed by atoms with Gasteiger partial charge in [0.05, 0.1) is 22.4 Å². The van der Waals surface area contributed by atoms with Crippen LogP contribution in [0.3, 0.4) is 0 Å². The molecule has 1 aliphatic carbocycles. The highest BCUT2D eigenvalue weighted by Gasteiger charge is 2.42. The average molecular weight is 420 g/mol. The zero-order chi connectivity index (χ0) is 22.0. The third-order valence-corrected chi connectivity index (χ3v) is 5.50. The maximum atomic E-state index is 12.9. The number of hydrogen-bond donors (Lipinski definition) is 2. The fraction of sp³-hybridized carbons (Fsp3) is 0.227. The van der Waals surface area contributed by atoms with E-state index in [2.05, 4.69) is 10.7 Å². The van der Waals surface area contributed by atoms with Gasteiger partial charge >= 0.3 is 0 Å². The SMILES string of the molecule is O=C(NCc1ccc([N+](=O)[O-])cc1)c1cccc(N2NC(=O)C3CC=CCC3C2=O)c1.